The molecule has 0 saturated carbocycles. The summed E-state index contributed by atoms with van der Waals surface area (Å²) in [6, 6.07) is 6.75. The van der Waals surface area contributed by atoms with E-state index in [9.17, 15) is 4.39 Å². The topological polar surface area (TPSA) is 35.8 Å². The van der Waals surface area contributed by atoms with E-state index in [2.05, 4.69) is 26.1 Å². The van der Waals surface area contributed by atoms with Gasteiger partial charge in [-0.1, -0.05) is 20.3 Å². The largest absolute Gasteiger partial charge is 0.382 e. The smallest absolute Gasteiger partial charge is 0.143 e. The average Bonchev–Trinajstić information content (AvgIpc) is 2.29. The number of nitrogens with zero attached hydrogens (tertiary/aromatic N) is 1. The van der Waals surface area contributed by atoms with Gasteiger partial charge in [0.05, 0.1) is 5.56 Å². The maximum Gasteiger partial charge on any atom is 0.143 e. The van der Waals surface area contributed by atoms with Crippen LogP contribution in [0, 0.1) is 23.1 Å². The van der Waals surface area contributed by atoms with Crippen LogP contribution in [-0.2, 0) is 0 Å². The van der Waals surface area contributed by atoms with Gasteiger partial charge in [0, 0.05) is 11.7 Å². The first-order chi connectivity index (χ1) is 8.06. The molecule has 1 N–H and O–H groups in total. The molecule has 0 fully saturated rings. The van der Waals surface area contributed by atoms with Crippen LogP contribution in [0.25, 0.3) is 0 Å². The first-order valence-electron chi connectivity index (χ1n) is 6.03. The molecule has 3 heteroatoms. The van der Waals surface area contributed by atoms with Gasteiger partial charge < -0.3 is 5.32 Å². The highest BCUT2D eigenvalue weighted by Crippen LogP contribution is 2.17. The Hall–Kier alpha value is -1.56. The predicted octanol–water partition coefficient (Wildman–Crippen LogP) is 3.93. The summed E-state index contributed by atoms with van der Waals surface area (Å²) < 4.78 is 13.4. The molecule has 92 valence electrons. The highest BCUT2D eigenvalue weighted by atomic mass is 19.1. The molecule has 0 aromatic heterocycles. The molecule has 0 heterocycles. The van der Waals surface area contributed by atoms with Crippen molar-refractivity contribution in [3.8, 4) is 6.07 Å². The summed E-state index contributed by atoms with van der Waals surface area (Å²) in [4.78, 5) is 0. The van der Waals surface area contributed by atoms with E-state index in [-0.39, 0.29) is 5.56 Å². The van der Waals surface area contributed by atoms with Crippen LogP contribution in [0.3, 0.4) is 0 Å². The van der Waals surface area contributed by atoms with Gasteiger partial charge >= 0.3 is 0 Å². The molecule has 2 nitrogen and oxygen atoms in total. The van der Waals surface area contributed by atoms with Crippen LogP contribution in [-0.4, -0.2) is 6.04 Å². The van der Waals surface area contributed by atoms with Crippen LogP contribution in [0.4, 0.5) is 10.1 Å². The Morgan fingerprint density at radius 1 is 1.41 bits per heavy atom. The van der Waals surface area contributed by atoms with E-state index in [1.165, 1.54) is 12.1 Å². The van der Waals surface area contributed by atoms with Crippen molar-refractivity contribution in [2.75, 3.05) is 5.32 Å². The maximum absolute atomic E-state index is 13.4. The molecule has 2 unspecified atom stereocenters. The minimum Gasteiger partial charge on any atom is -0.382 e. The van der Waals surface area contributed by atoms with Gasteiger partial charge in [0.15, 0.2) is 0 Å². The second-order valence-electron chi connectivity index (χ2n) is 4.60. The van der Waals surface area contributed by atoms with Crippen LogP contribution in [0.1, 0.15) is 39.2 Å². The van der Waals surface area contributed by atoms with E-state index in [0.29, 0.717) is 12.0 Å². The van der Waals surface area contributed by atoms with Gasteiger partial charge in [0.25, 0.3) is 0 Å². The van der Waals surface area contributed by atoms with Crippen molar-refractivity contribution < 1.29 is 4.39 Å². The van der Waals surface area contributed by atoms with E-state index in [0.717, 1.165) is 18.5 Å². The molecule has 0 amide bonds. The summed E-state index contributed by atoms with van der Waals surface area (Å²) in [5, 5.41) is 11.9. The van der Waals surface area contributed by atoms with Crippen molar-refractivity contribution in [3.05, 3.63) is 29.6 Å². The third-order valence-corrected chi connectivity index (χ3v) is 2.96. The van der Waals surface area contributed by atoms with Crippen LogP contribution < -0.4 is 5.32 Å². The fourth-order valence-corrected chi connectivity index (χ4v) is 1.81. The quantitative estimate of drug-likeness (QED) is 0.837. The maximum atomic E-state index is 13.4. The van der Waals surface area contributed by atoms with Crippen molar-refractivity contribution in [3.63, 3.8) is 0 Å². The molecule has 1 aromatic rings. The Labute approximate surface area is 102 Å². The van der Waals surface area contributed by atoms with Crippen molar-refractivity contribution in [1.29, 1.82) is 5.26 Å². The summed E-state index contributed by atoms with van der Waals surface area (Å²) in [6.07, 6.45) is 2.20. The summed E-state index contributed by atoms with van der Waals surface area (Å²) in [5.41, 5.74) is 0.822. The third kappa shape index (κ3) is 4.07. The normalized spacial score (nSPS) is 13.8. The molecule has 0 aliphatic carbocycles. The van der Waals surface area contributed by atoms with Crippen LogP contribution in [0.2, 0.25) is 0 Å². The van der Waals surface area contributed by atoms with Gasteiger partial charge in [-0.05, 0) is 37.5 Å². The Morgan fingerprint density at radius 3 is 2.65 bits per heavy atom. The first-order valence-corrected chi connectivity index (χ1v) is 6.03. The Morgan fingerprint density at radius 2 is 2.12 bits per heavy atom. The van der Waals surface area contributed by atoms with E-state index in [1.54, 1.807) is 6.07 Å². The van der Waals surface area contributed by atoms with Gasteiger partial charge in [-0.2, -0.15) is 5.26 Å². The first kappa shape index (κ1) is 13.5. The van der Waals surface area contributed by atoms with Gasteiger partial charge in [-0.15, -0.1) is 0 Å². The standard InChI is InChI=1S/C14H19FN2/c1-4-10(2)7-11(3)17-13-6-5-12(9-16)14(15)8-13/h5-6,8,10-11,17H,4,7H2,1-3H3. The number of hydrogen-bond donors (Lipinski definition) is 1. The van der Waals surface area contributed by atoms with Crippen LogP contribution in [0.15, 0.2) is 18.2 Å². The predicted molar refractivity (Wildman–Crippen MR) is 68.3 cm³/mol. The lowest BCUT2D eigenvalue weighted by Gasteiger charge is -2.18. The van der Waals surface area contributed by atoms with E-state index in [1.807, 2.05) is 6.07 Å². The van der Waals surface area contributed by atoms with Gasteiger partial charge in [-0.3, -0.25) is 0 Å². The second-order valence-corrected chi connectivity index (χ2v) is 4.60. The molecule has 0 spiro atoms. The zero-order valence-electron chi connectivity index (χ0n) is 10.6. The van der Waals surface area contributed by atoms with E-state index >= 15 is 0 Å². The minimum atomic E-state index is -0.465. The molecule has 2 atom stereocenters. The lowest BCUT2D eigenvalue weighted by molar-refractivity contribution is 0.483. The van der Waals surface area contributed by atoms with Gasteiger partial charge in [0.1, 0.15) is 11.9 Å². The average molecular weight is 234 g/mol. The SMILES string of the molecule is CCC(C)CC(C)Nc1ccc(C#N)c(F)c1. The third-order valence-electron chi connectivity index (χ3n) is 2.96. The van der Waals surface area contributed by atoms with Gasteiger partial charge in [0.2, 0.25) is 0 Å². The monoisotopic (exact) mass is 234 g/mol. The molecule has 0 aliphatic heterocycles. The lowest BCUT2D eigenvalue weighted by Crippen LogP contribution is -2.18. The molecular formula is C14H19FN2. The molecule has 0 bridgehead atoms. The van der Waals surface area contributed by atoms with Crippen molar-refractivity contribution in [2.45, 2.75) is 39.7 Å². The summed E-state index contributed by atoms with van der Waals surface area (Å²) in [7, 11) is 0. The fourth-order valence-electron chi connectivity index (χ4n) is 1.81. The zero-order chi connectivity index (χ0) is 12.8. The zero-order valence-corrected chi connectivity index (χ0v) is 10.6. The number of nitrogens with one attached hydrogen (secondary N) is 1. The van der Waals surface area contributed by atoms with Crippen LogP contribution in [0.5, 0.6) is 0 Å². The Balaban J connectivity index is 2.63. The Kier molecular flexibility index (Phi) is 4.96. The summed E-state index contributed by atoms with van der Waals surface area (Å²) in [6.45, 7) is 6.46. The number of benzene rings is 1. The number of anilines is 1. The van der Waals surface area contributed by atoms with Crippen molar-refractivity contribution in [2.24, 2.45) is 5.92 Å². The van der Waals surface area contributed by atoms with E-state index < -0.39 is 5.82 Å². The molecular weight excluding hydrogens is 215 g/mol. The lowest BCUT2D eigenvalue weighted by atomic mass is 10.0. The molecule has 0 aliphatic rings. The highest BCUT2D eigenvalue weighted by Gasteiger charge is 2.08. The van der Waals surface area contributed by atoms with Gasteiger partial charge in [-0.25, -0.2) is 4.39 Å². The number of hydrogen-bond acceptors (Lipinski definition) is 2. The number of nitriles is 1. The summed E-state index contributed by atoms with van der Waals surface area (Å²) >= 11 is 0. The van der Waals surface area contributed by atoms with Crippen LogP contribution >= 0.6 is 0 Å². The molecule has 0 radical (unpaired) electrons. The second kappa shape index (κ2) is 6.24. The molecule has 17 heavy (non-hydrogen) atoms. The Bertz CT molecular complexity index is 409. The summed E-state index contributed by atoms with van der Waals surface area (Å²) in [5.74, 6) is 0.189. The molecule has 1 rings (SSSR count). The number of rotatable bonds is 5. The highest BCUT2D eigenvalue weighted by molar-refractivity contribution is 5.48. The van der Waals surface area contributed by atoms with Crippen molar-refractivity contribution in [1.82, 2.24) is 0 Å². The minimum absolute atomic E-state index is 0.0881. The molecule has 1 aromatic carbocycles. The molecule has 0 saturated heterocycles. The fraction of sp³-hybridized carbons (Fsp3) is 0.500. The van der Waals surface area contributed by atoms with Crippen molar-refractivity contribution >= 4 is 5.69 Å². The van der Waals surface area contributed by atoms with E-state index in [4.69, 9.17) is 5.26 Å². The number of halogens is 1.